The summed E-state index contributed by atoms with van der Waals surface area (Å²) in [6, 6.07) is 0.721. The fourth-order valence-corrected chi connectivity index (χ4v) is 3.89. The summed E-state index contributed by atoms with van der Waals surface area (Å²) >= 11 is 3.69. The standard InChI is InChI=1S/C14H28BrNO/c1-3-14(4-2,11-15)12-16(9-10-17)13-7-5-6-8-13/h13,17H,3-12H2,1-2H3. The largest absolute Gasteiger partial charge is 0.395 e. The summed E-state index contributed by atoms with van der Waals surface area (Å²) in [4.78, 5) is 2.54. The summed E-state index contributed by atoms with van der Waals surface area (Å²) in [6.07, 6.45) is 7.81. The number of halogens is 1. The molecule has 1 aliphatic rings. The van der Waals surface area contributed by atoms with E-state index in [1.54, 1.807) is 0 Å². The van der Waals surface area contributed by atoms with E-state index < -0.39 is 0 Å². The fraction of sp³-hybridized carbons (Fsp3) is 1.00. The van der Waals surface area contributed by atoms with Gasteiger partial charge in [-0.2, -0.15) is 0 Å². The molecule has 0 aromatic heterocycles. The topological polar surface area (TPSA) is 23.5 Å². The van der Waals surface area contributed by atoms with E-state index in [9.17, 15) is 5.11 Å². The van der Waals surface area contributed by atoms with E-state index in [1.807, 2.05) is 0 Å². The number of aliphatic hydroxyl groups excluding tert-OH is 1. The molecule has 0 radical (unpaired) electrons. The minimum absolute atomic E-state index is 0.294. The van der Waals surface area contributed by atoms with Crippen LogP contribution < -0.4 is 0 Å². The van der Waals surface area contributed by atoms with E-state index in [0.717, 1.165) is 24.5 Å². The minimum atomic E-state index is 0.294. The van der Waals surface area contributed by atoms with E-state index >= 15 is 0 Å². The van der Waals surface area contributed by atoms with Crippen molar-refractivity contribution >= 4 is 15.9 Å². The Morgan fingerprint density at radius 1 is 1.24 bits per heavy atom. The lowest BCUT2D eigenvalue weighted by atomic mass is 9.83. The van der Waals surface area contributed by atoms with Crippen molar-refractivity contribution in [3.8, 4) is 0 Å². The van der Waals surface area contributed by atoms with Crippen LogP contribution >= 0.6 is 15.9 Å². The molecule has 17 heavy (non-hydrogen) atoms. The van der Waals surface area contributed by atoms with Crippen molar-refractivity contribution in [2.75, 3.05) is 25.0 Å². The van der Waals surface area contributed by atoms with E-state index in [4.69, 9.17) is 0 Å². The van der Waals surface area contributed by atoms with Crippen molar-refractivity contribution in [1.29, 1.82) is 0 Å². The van der Waals surface area contributed by atoms with Crippen LogP contribution in [0.3, 0.4) is 0 Å². The third kappa shape index (κ3) is 4.22. The van der Waals surface area contributed by atoms with E-state index in [-0.39, 0.29) is 0 Å². The van der Waals surface area contributed by atoms with Gasteiger partial charge in [-0.15, -0.1) is 0 Å². The average Bonchev–Trinajstić information content (AvgIpc) is 2.89. The van der Waals surface area contributed by atoms with Crippen LogP contribution in [0.25, 0.3) is 0 Å². The Labute approximate surface area is 115 Å². The summed E-state index contributed by atoms with van der Waals surface area (Å²) in [6.45, 7) is 6.85. The van der Waals surface area contributed by atoms with Gasteiger partial charge in [0.2, 0.25) is 0 Å². The van der Waals surface area contributed by atoms with Crippen LogP contribution in [0.2, 0.25) is 0 Å². The monoisotopic (exact) mass is 305 g/mol. The van der Waals surface area contributed by atoms with Crippen molar-refractivity contribution in [2.24, 2.45) is 5.41 Å². The van der Waals surface area contributed by atoms with Gasteiger partial charge in [0.05, 0.1) is 6.61 Å². The highest BCUT2D eigenvalue weighted by atomic mass is 79.9. The summed E-state index contributed by atoms with van der Waals surface area (Å²) < 4.78 is 0. The molecular weight excluding hydrogens is 278 g/mol. The van der Waals surface area contributed by atoms with Crippen LogP contribution in [0.4, 0.5) is 0 Å². The van der Waals surface area contributed by atoms with E-state index in [1.165, 1.54) is 38.5 Å². The van der Waals surface area contributed by atoms with Gasteiger partial charge in [-0.25, -0.2) is 0 Å². The number of aliphatic hydroxyl groups is 1. The van der Waals surface area contributed by atoms with Gasteiger partial charge >= 0.3 is 0 Å². The summed E-state index contributed by atoms with van der Waals surface area (Å²) in [5.74, 6) is 0. The smallest absolute Gasteiger partial charge is 0.0558 e. The van der Waals surface area contributed by atoms with Gasteiger partial charge in [0.1, 0.15) is 0 Å². The maximum Gasteiger partial charge on any atom is 0.0558 e. The molecule has 1 N–H and O–H groups in total. The maximum atomic E-state index is 9.26. The summed E-state index contributed by atoms with van der Waals surface area (Å²) in [5.41, 5.74) is 0.387. The fourth-order valence-electron chi connectivity index (χ4n) is 2.92. The maximum absolute atomic E-state index is 9.26. The molecule has 102 valence electrons. The molecule has 1 fully saturated rings. The Morgan fingerprint density at radius 2 is 1.82 bits per heavy atom. The van der Waals surface area contributed by atoms with Crippen molar-refractivity contribution in [3.05, 3.63) is 0 Å². The van der Waals surface area contributed by atoms with Crippen molar-refractivity contribution in [3.63, 3.8) is 0 Å². The van der Waals surface area contributed by atoms with Gasteiger partial charge in [-0.05, 0) is 31.1 Å². The molecule has 0 aromatic rings. The molecule has 1 saturated carbocycles. The highest BCUT2D eigenvalue weighted by molar-refractivity contribution is 9.09. The number of nitrogens with zero attached hydrogens (tertiary/aromatic N) is 1. The molecule has 0 amide bonds. The average molecular weight is 306 g/mol. The predicted octanol–water partition coefficient (Wildman–Crippen LogP) is 3.42. The first-order valence-corrected chi connectivity index (χ1v) is 8.24. The van der Waals surface area contributed by atoms with Gasteiger partial charge < -0.3 is 5.11 Å². The molecular formula is C14H28BrNO. The number of hydrogen-bond donors (Lipinski definition) is 1. The Kier molecular flexibility index (Phi) is 7.05. The molecule has 2 nitrogen and oxygen atoms in total. The second-order valence-electron chi connectivity index (χ2n) is 5.47. The molecule has 0 saturated heterocycles. The first kappa shape index (κ1) is 15.5. The van der Waals surface area contributed by atoms with E-state index in [2.05, 4.69) is 34.7 Å². The number of rotatable bonds is 8. The molecule has 0 bridgehead atoms. The molecule has 3 heteroatoms. The number of alkyl halides is 1. The Morgan fingerprint density at radius 3 is 2.24 bits per heavy atom. The molecule has 0 unspecified atom stereocenters. The third-order valence-corrected chi connectivity index (χ3v) is 5.74. The van der Waals surface area contributed by atoms with Crippen molar-refractivity contribution in [1.82, 2.24) is 4.90 Å². The Bertz CT molecular complexity index is 192. The van der Waals surface area contributed by atoms with Crippen LogP contribution in [-0.2, 0) is 0 Å². The zero-order valence-corrected chi connectivity index (χ0v) is 13.0. The van der Waals surface area contributed by atoms with Crippen molar-refractivity contribution < 1.29 is 5.11 Å². The molecule has 0 heterocycles. The highest BCUT2D eigenvalue weighted by Gasteiger charge is 2.31. The normalized spacial score (nSPS) is 18.2. The zero-order chi connectivity index (χ0) is 12.7. The first-order valence-electron chi connectivity index (χ1n) is 7.12. The lowest BCUT2D eigenvalue weighted by Gasteiger charge is -2.38. The van der Waals surface area contributed by atoms with Gasteiger partial charge in [0.25, 0.3) is 0 Å². The molecule has 0 atom stereocenters. The molecule has 0 aliphatic heterocycles. The zero-order valence-electron chi connectivity index (χ0n) is 11.4. The number of hydrogen-bond acceptors (Lipinski definition) is 2. The lowest BCUT2D eigenvalue weighted by Crippen LogP contribution is -2.44. The molecule has 0 aromatic carbocycles. The third-order valence-electron chi connectivity index (χ3n) is 4.55. The van der Waals surface area contributed by atoms with Gasteiger partial charge in [0.15, 0.2) is 0 Å². The predicted molar refractivity (Wildman–Crippen MR) is 77.7 cm³/mol. The van der Waals surface area contributed by atoms with Crippen LogP contribution in [0.5, 0.6) is 0 Å². The Balaban J connectivity index is 2.62. The van der Waals surface area contributed by atoms with Gasteiger partial charge in [-0.1, -0.05) is 42.6 Å². The summed E-state index contributed by atoms with van der Waals surface area (Å²) in [7, 11) is 0. The minimum Gasteiger partial charge on any atom is -0.395 e. The van der Waals surface area contributed by atoms with Crippen LogP contribution in [0.1, 0.15) is 52.4 Å². The van der Waals surface area contributed by atoms with E-state index in [0.29, 0.717) is 12.0 Å². The molecule has 1 rings (SSSR count). The SMILES string of the molecule is CCC(CC)(CBr)CN(CCO)C1CCCC1. The Hall–Kier alpha value is 0.400. The quantitative estimate of drug-likeness (QED) is 0.695. The van der Waals surface area contributed by atoms with Crippen LogP contribution in [-0.4, -0.2) is 41.1 Å². The highest BCUT2D eigenvalue weighted by Crippen LogP contribution is 2.33. The molecule has 1 aliphatic carbocycles. The van der Waals surface area contributed by atoms with Gasteiger partial charge in [0, 0.05) is 24.5 Å². The van der Waals surface area contributed by atoms with Gasteiger partial charge in [-0.3, -0.25) is 4.90 Å². The summed E-state index contributed by atoms with van der Waals surface area (Å²) in [5, 5.41) is 10.3. The van der Waals surface area contributed by atoms with Crippen molar-refractivity contribution in [2.45, 2.75) is 58.4 Å². The van der Waals surface area contributed by atoms with Crippen LogP contribution in [0.15, 0.2) is 0 Å². The lowest BCUT2D eigenvalue weighted by molar-refractivity contribution is 0.0944. The second kappa shape index (κ2) is 7.75. The molecule has 0 spiro atoms. The first-order chi connectivity index (χ1) is 8.21. The van der Waals surface area contributed by atoms with Crippen LogP contribution in [0, 0.1) is 5.41 Å². The second-order valence-corrected chi connectivity index (χ2v) is 6.03.